The summed E-state index contributed by atoms with van der Waals surface area (Å²) in [5.41, 5.74) is 10.0. The van der Waals surface area contributed by atoms with Crippen LogP contribution in [0.5, 0.6) is 0 Å². The van der Waals surface area contributed by atoms with Crippen molar-refractivity contribution in [1.29, 1.82) is 0 Å². The lowest BCUT2D eigenvalue weighted by Gasteiger charge is -2.25. The first kappa shape index (κ1) is 13.3. The Hall–Kier alpha value is -1.64. The molecule has 20 heavy (non-hydrogen) atoms. The smallest absolute Gasteiger partial charge is 0.0497 e. The molecule has 0 amide bonds. The Morgan fingerprint density at radius 1 is 1.00 bits per heavy atom. The number of benzene rings is 2. The summed E-state index contributed by atoms with van der Waals surface area (Å²) < 4.78 is 0. The Morgan fingerprint density at radius 2 is 1.65 bits per heavy atom. The molecule has 0 radical (unpaired) electrons. The van der Waals surface area contributed by atoms with Crippen molar-refractivity contribution in [3.63, 3.8) is 0 Å². The minimum atomic E-state index is 0.224. The highest BCUT2D eigenvalue weighted by molar-refractivity contribution is 5.38. The molecule has 0 fully saturated rings. The van der Waals surface area contributed by atoms with E-state index in [1.807, 2.05) is 0 Å². The third kappa shape index (κ3) is 2.26. The number of rotatable bonds is 3. The Kier molecular flexibility index (Phi) is 3.60. The lowest BCUT2D eigenvalue weighted by atomic mass is 9.87. The lowest BCUT2D eigenvalue weighted by molar-refractivity contribution is 0.378. The Bertz CT molecular complexity index is 594. The van der Waals surface area contributed by atoms with Crippen LogP contribution in [0.2, 0.25) is 0 Å². The van der Waals surface area contributed by atoms with E-state index in [9.17, 15) is 0 Å². The highest BCUT2D eigenvalue weighted by atomic mass is 15.2. The average molecular weight is 266 g/mol. The third-order valence-electron chi connectivity index (χ3n) is 4.72. The second kappa shape index (κ2) is 5.39. The normalized spacial score (nSPS) is 16.1. The number of nitrogens with two attached hydrogens (primary N) is 1. The largest absolute Gasteiger partial charge is 0.271 e. The van der Waals surface area contributed by atoms with Crippen LogP contribution in [0.3, 0.4) is 0 Å². The molecule has 2 aromatic rings. The molecule has 2 heteroatoms. The van der Waals surface area contributed by atoms with Crippen molar-refractivity contribution < 1.29 is 0 Å². The maximum atomic E-state index is 5.89. The van der Waals surface area contributed by atoms with E-state index in [0.717, 1.165) is 12.8 Å². The second-order valence-electron chi connectivity index (χ2n) is 5.87. The topological polar surface area (TPSA) is 38.0 Å². The molecule has 1 atom stereocenters. The van der Waals surface area contributed by atoms with Crippen LogP contribution in [0, 0.1) is 19.8 Å². The van der Waals surface area contributed by atoms with Crippen LogP contribution < -0.4 is 11.3 Å². The molecular weight excluding hydrogens is 244 g/mol. The maximum absolute atomic E-state index is 5.89. The highest BCUT2D eigenvalue weighted by Crippen LogP contribution is 2.36. The molecule has 104 valence electrons. The number of aryl methyl sites for hydroxylation is 1. The molecule has 1 aliphatic rings. The highest BCUT2D eigenvalue weighted by Gasteiger charge is 2.29. The van der Waals surface area contributed by atoms with Gasteiger partial charge < -0.3 is 0 Å². The van der Waals surface area contributed by atoms with Crippen molar-refractivity contribution in [2.45, 2.75) is 32.7 Å². The summed E-state index contributed by atoms with van der Waals surface area (Å²) >= 11 is 0. The van der Waals surface area contributed by atoms with Gasteiger partial charge in [-0.05, 0) is 60.4 Å². The summed E-state index contributed by atoms with van der Waals surface area (Å²) in [5.74, 6) is 6.43. The monoisotopic (exact) mass is 266 g/mol. The predicted molar refractivity (Wildman–Crippen MR) is 83.3 cm³/mol. The summed E-state index contributed by atoms with van der Waals surface area (Å²) in [5, 5.41) is 0. The summed E-state index contributed by atoms with van der Waals surface area (Å²) in [7, 11) is 0. The van der Waals surface area contributed by atoms with E-state index in [1.54, 1.807) is 0 Å². The van der Waals surface area contributed by atoms with Gasteiger partial charge in [-0.25, -0.2) is 0 Å². The van der Waals surface area contributed by atoms with Gasteiger partial charge in [0.1, 0.15) is 0 Å². The van der Waals surface area contributed by atoms with Crippen LogP contribution in [-0.2, 0) is 12.8 Å². The van der Waals surface area contributed by atoms with Crippen molar-refractivity contribution in [3.8, 4) is 0 Å². The molecule has 0 spiro atoms. The number of hydrazine groups is 1. The standard InChI is InChI=1S/C18H22N2/c1-12-6-5-9-17(13(12)2)18(20-19)16-10-14-7-3-4-8-15(14)11-16/h3-9,16,18,20H,10-11,19H2,1-2H3. The summed E-state index contributed by atoms with van der Waals surface area (Å²) in [4.78, 5) is 0. The average Bonchev–Trinajstić information content (AvgIpc) is 2.87. The number of fused-ring (bicyclic) bond motifs is 1. The zero-order valence-corrected chi connectivity index (χ0v) is 12.2. The molecule has 3 N–H and O–H groups in total. The van der Waals surface area contributed by atoms with Crippen LogP contribution in [0.25, 0.3) is 0 Å². The summed E-state index contributed by atoms with van der Waals surface area (Å²) in [6.45, 7) is 4.35. The van der Waals surface area contributed by atoms with Crippen LogP contribution in [0.15, 0.2) is 42.5 Å². The van der Waals surface area contributed by atoms with Gasteiger partial charge in [-0.3, -0.25) is 11.3 Å². The first-order valence-corrected chi connectivity index (χ1v) is 7.29. The minimum absolute atomic E-state index is 0.224. The Balaban J connectivity index is 1.91. The molecule has 0 saturated carbocycles. The lowest BCUT2D eigenvalue weighted by Crippen LogP contribution is -2.34. The minimum Gasteiger partial charge on any atom is -0.271 e. The summed E-state index contributed by atoms with van der Waals surface area (Å²) in [6.07, 6.45) is 2.22. The molecule has 0 aliphatic heterocycles. The predicted octanol–water partition coefficient (Wildman–Crippen LogP) is 3.22. The number of hydrogen-bond donors (Lipinski definition) is 2. The van der Waals surface area contributed by atoms with Gasteiger partial charge in [0.05, 0.1) is 0 Å². The van der Waals surface area contributed by atoms with Crippen molar-refractivity contribution in [1.82, 2.24) is 5.43 Å². The van der Waals surface area contributed by atoms with E-state index in [-0.39, 0.29) is 6.04 Å². The van der Waals surface area contributed by atoms with Crippen molar-refractivity contribution in [3.05, 3.63) is 70.3 Å². The van der Waals surface area contributed by atoms with Crippen LogP contribution in [0.4, 0.5) is 0 Å². The van der Waals surface area contributed by atoms with Crippen LogP contribution >= 0.6 is 0 Å². The van der Waals surface area contributed by atoms with E-state index >= 15 is 0 Å². The quantitative estimate of drug-likeness (QED) is 0.661. The van der Waals surface area contributed by atoms with E-state index in [1.165, 1.54) is 27.8 Å². The van der Waals surface area contributed by atoms with Crippen molar-refractivity contribution >= 4 is 0 Å². The molecule has 3 rings (SSSR count). The second-order valence-corrected chi connectivity index (χ2v) is 5.87. The molecule has 1 unspecified atom stereocenters. The van der Waals surface area contributed by atoms with E-state index in [2.05, 4.69) is 61.7 Å². The molecule has 0 heterocycles. The van der Waals surface area contributed by atoms with Gasteiger partial charge in [0, 0.05) is 6.04 Å². The molecular formula is C18H22N2. The van der Waals surface area contributed by atoms with Crippen molar-refractivity contribution in [2.24, 2.45) is 11.8 Å². The van der Waals surface area contributed by atoms with Gasteiger partial charge in [-0.2, -0.15) is 0 Å². The van der Waals surface area contributed by atoms with Gasteiger partial charge in [0.2, 0.25) is 0 Å². The van der Waals surface area contributed by atoms with E-state index < -0.39 is 0 Å². The first-order valence-electron chi connectivity index (χ1n) is 7.29. The SMILES string of the molecule is Cc1cccc(C(NN)C2Cc3ccccc3C2)c1C. The zero-order chi connectivity index (χ0) is 14.1. The third-order valence-corrected chi connectivity index (χ3v) is 4.72. The number of hydrogen-bond acceptors (Lipinski definition) is 2. The molecule has 2 nitrogen and oxygen atoms in total. The first-order chi connectivity index (χ1) is 9.70. The summed E-state index contributed by atoms with van der Waals surface area (Å²) in [6, 6.07) is 15.5. The van der Waals surface area contributed by atoms with Gasteiger partial charge in [-0.15, -0.1) is 0 Å². The van der Waals surface area contributed by atoms with Crippen LogP contribution in [-0.4, -0.2) is 0 Å². The fourth-order valence-electron chi connectivity index (χ4n) is 3.42. The Labute approximate surface area is 121 Å². The van der Waals surface area contributed by atoms with E-state index in [4.69, 9.17) is 5.84 Å². The fraction of sp³-hybridized carbons (Fsp3) is 0.333. The van der Waals surface area contributed by atoms with Crippen LogP contribution in [0.1, 0.15) is 33.9 Å². The molecule has 1 aliphatic carbocycles. The van der Waals surface area contributed by atoms with Gasteiger partial charge in [0.25, 0.3) is 0 Å². The maximum Gasteiger partial charge on any atom is 0.0497 e. The van der Waals surface area contributed by atoms with Crippen molar-refractivity contribution in [2.75, 3.05) is 0 Å². The Morgan fingerprint density at radius 3 is 2.25 bits per heavy atom. The molecule has 0 bridgehead atoms. The zero-order valence-electron chi connectivity index (χ0n) is 12.2. The number of nitrogens with one attached hydrogen (secondary N) is 1. The van der Waals surface area contributed by atoms with Gasteiger partial charge in [-0.1, -0.05) is 42.5 Å². The van der Waals surface area contributed by atoms with Gasteiger partial charge >= 0.3 is 0 Å². The fourth-order valence-corrected chi connectivity index (χ4v) is 3.42. The molecule has 2 aromatic carbocycles. The van der Waals surface area contributed by atoms with Gasteiger partial charge in [0.15, 0.2) is 0 Å². The molecule has 0 saturated heterocycles. The molecule has 0 aromatic heterocycles. The van der Waals surface area contributed by atoms with E-state index in [0.29, 0.717) is 5.92 Å².